The predicted octanol–water partition coefficient (Wildman–Crippen LogP) is 3.76. The van der Waals surface area contributed by atoms with Crippen molar-refractivity contribution in [1.29, 1.82) is 0 Å². The number of thiazole rings is 1. The Balaban J connectivity index is 2.55. The molecule has 0 spiro atoms. The van der Waals surface area contributed by atoms with Gasteiger partial charge in [-0.25, -0.2) is 4.98 Å². The summed E-state index contributed by atoms with van der Waals surface area (Å²) < 4.78 is 0. The Morgan fingerprint density at radius 2 is 1.72 bits per heavy atom. The summed E-state index contributed by atoms with van der Waals surface area (Å²) in [5.41, 5.74) is 7.81. The average molecular weight is 260 g/mol. The van der Waals surface area contributed by atoms with Crippen LogP contribution in [-0.2, 0) is 6.54 Å². The SMILES string of the molecule is CNCc1nc(-c2c(C)c(C)cc(C)c2C)cs1. The quantitative estimate of drug-likeness (QED) is 0.909. The standard InChI is InChI=1S/C15H20N2S/c1-9-6-10(2)12(4)15(11(9)3)13-8-18-14(17-13)7-16-5/h6,8,16H,7H2,1-5H3. The summed E-state index contributed by atoms with van der Waals surface area (Å²) in [5, 5.41) is 6.46. The van der Waals surface area contributed by atoms with Crippen molar-refractivity contribution in [1.82, 2.24) is 10.3 Å². The van der Waals surface area contributed by atoms with E-state index in [0.717, 1.165) is 17.2 Å². The lowest BCUT2D eigenvalue weighted by Crippen LogP contribution is -2.04. The van der Waals surface area contributed by atoms with Gasteiger partial charge in [0.25, 0.3) is 0 Å². The number of hydrogen-bond donors (Lipinski definition) is 1. The number of rotatable bonds is 3. The highest BCUT2D eigenvalue weighted by Crippen LogP contribution is 2.32. The third-order valence-corrected chi connectivity index (χ3v) is 4.35. The molecule has 0 bridgehead atoms. The summed E-state index contributed by atoms with van der Waals surface area (Å²) in [4.78, 5) is 4.73. The van der Waals surface area contributed by atoms with E-state index in [1.54, 1.807) is 11.3 Å². The zero-order chi connectivity index (χ0) is 13.3. The van der Waals surface area contributed by atoms with Crippen LogP contribution in [-0.4, -0.2) is 12.0 Å². The van der Waals surface area contributed by atoms with Crippen LogP contribution in [0.2, 0.25) is 0 Å². The molecule has 1 aromatic heterocycles. The van der Waals surface area contributed by atoms with Gasteiger partial charge in [0, 0.05) is 17.5 Å². The molecule has 0 saturated heterocycles. The molecule has 0 saturated carbocycles. The lowest BCUT2D eigenvalue weighted by molar-refractivity contribution is 0.810. The second kappa shape index (κ2) is 5.21. The van der Waals surface area contributed by atoms with Crippen LogP contribution >= 0.6 is 11.3 Å². The van der Waals surface area contributed by atoms with Gasteiger partial charge in [-0.05, 0) is 57.0 Å². The van der Waals surface area contributed by atoms with Crippen LogP contribution < -0.4 is 5.32 Å². The molecule has 1 aromatic carbocycles. The van der Waals surface area contributed by atoms with Gasteiger partial charge in [0.05, 0.1) is 5.69 Å². The summed E-state index contributed by atoms with van der Waals surface area (Å²) >= 11 is 1.72. The maximum atomic E-state index is 4.73. The Hall–Kier alpha value is -1.19. The highest BCUT2D eigenvalue weighted by atomic mass is 32.1. The first kappa shape index (κ1) is 13.2. The van der Waals surface area contributed by atoms with Crippen LogP contribution in [0.3, 0.4) is 0 Å². The van der Waals surface area contributed by atoms with Crippen LogP contribution in [0.1, 0.15) is 27.3 Å². The summed E-state index contributed by atoms with van der Waals surface area (Å²) in [6.07, 6.45) is 0. The molecule has 0 aliphatic heterocycles. The number of nitrogens with zero attached hydrogens (tertiary/aromatic N) is 1. The van der Waals surface area contributed by atoms with E-state index in [1.807, 2.05) is 7.05 Å². The van der Waals surface area contributed by atoms with Gasteiger partial charge < -0.3 is 5.32 Å². The number of nitrogens with one attached hydrogen (secondary N) is 1. The molecule has 0 radical (unpaired) electrons. The average Bonchev–Trinajstić information content (AvgIpc) is 2.76. The number of hydrogen-bond acceptors (Lipinski definition) is 3. The van der Waals surface area contributed by atoms with Gasteiger partial charge in [-0.1, -0.05) is 6.07 Å². The van der Waals surface area contributed by atoms with E-state index >= 15 is 0 Å². The first-order valence-corrected chi connectivity index (χ1v) is 7.09. The maximum absolute atomic E-state index is 4.73. The van der Waals surface area contributed by atoms with E-state index in [0.29, 0.717) is 0 Å². The number of aromatic nitrogens is 1. The van der Waals surface area contributed by atoms with Crippen LogP contribution in [0.25, 0.3) is 11.3 Å². The molecule has 0 fully saturated rings. The van der Waals surface area contributed by atoms with Crippen LogP contribution in [0.5, 0.6) is 0 Å². The van der Waals surface area contributed by atoms with E-state index in [-0.39, 0.29) is 0 Å². The zero-order valence-corrected chi connectivity index (χ0v) is 12.5. The topological polar surface area (TPSA) is 24.9 Å². The van der Waals surface area contributed by atoms with Gasteiger partial charge in [0.1, 0.15) is 5.01 Å². The van der Waals surface area contributed by atoms with E-state index < -0.39 is 0 Å². The van der Waals surface area contributed by atoms with Crippen LogP contribution in [0.4, 0.5) is 0 Å². The molecule has 2 nitrogen and oxygen atoms in total. The molecule has 0 aliphatic rings. The Kier molecular flexibility index (Phi) is 3.83. The van der Waals surface area contributed by atoms with Crippen molar-refractivity contribution in [2.45, 2.75) is 34.2 Å². The van der Waals surface area contributed by atoms with Crippen LogP contribution in [0.15, 0.2) is 11.4 Å². The lowest BCUT2D eigenvalue weighted by atomic mass is 9.93. The fourth-order valence-electron chi connectivity index (χ4n) is 2.26. The van der Waals surface area contributed by atoms with Gasteiger partial charge in [-0.3, -0.25) is 0 Å². The van der Waals surface area contributed by atoms with Gasteiger partial charge in [-0.2, -0.15) is 0 Å². The van der Waals surface area contributed by atoms with E-state index in [9.17, 15) is 0 Å². The molecule has 18 heavy (non-hydrogen) atoms. The largest absolute Gasteiger partial charge is 0.314 e. The monoisotopic (exact) mass is 260 g/mol. The van der Waals surface area contributed by atoms with Gasteiger partial charge in [0.2, 0.25) is 0 Å². The predicted molar refractivity (Wildman–Crippen MR) is 79.3 cm³/mol. The summed E-state index contributed by atoms with van der Waals surface area (Å²) in [7, 11) is 1.95. The third kappa shape index (κ3) is 2.33. The molecule has 0 aliphatic carbocycles. The number of benzene rings is 1. The van der Waals surface area contributed by atoms with Crippen molar-refractivity contribution in [2.24, 2.45) is 0 Å². The fourth-order valence-corrected chi connectivity index (χ4v) is 3.06. The number of aryl methyl sites for hydroxylation is 2. The van der Waals surface area contributed by atoms with Crippen molar-refractivity contribution >= 4 is 11.3 Å². The van der Waals surface area contributed by atoms with Crippen molar-refractivity contribution in [3.63, 3.8) is 0 Å². The Labute approximate surface area is 113 Å². The Morgan fingerprint density at radius 3 is 2.28 bits per heavy atom. The highest BCUT2D eigenvalue weighted by Gasteiger charge is 2.13. The van der Waals surface area contributed by atoms with Crippen molar-refractivity contribution in [3.05, 3.63) is 38.7 Å². The molecule has 0 atom stereocenters. The van der Waals surface area contributed by atoms with Gasteiger partial charge in [-0.15, -0.1) is 11.3 Å². The van der Waals surface area contributed by atoms with Crippen molar-refractivity contribution < 1.29 is 0 Å². The summed E-state index contributed by atoms with van der Waals surface area (Å²) in [6, 6.07) is 2.26. The minimum atomic E-state index is 0.841. The smallest absolute Gasteiger partial charge is 0.107 e. The maximum Gasteiger partial charge on any atom is 0.107 e. The fraction of sp³-hybridized carbons (Fsp3) is 0.400. The second-order valence-electron chi connectivity index (χ2n) is 4.79. The molecule has 3 heteroatoms. The molecular weight excluding hydrogens is 240 g/mol. The third-order valence-electron chi connectivity index (χ3n) is 3.50. The molecule has 0 amide bonds. The molecule has 2 aromatic rings. The van der Waals surface area contributed by atoms with E-state index in [2.05, 4.69) is 44.5 Å². The minimum absolute atomic E-state index is 0.841. The van der Waals surface area contributed by atoms with E-state index in [1.165, 1.54) is 27.8 Å². The highest BCUT2D eigenvalue weighted by molar-refractivity contribution is 7.09. The molecule has 2 rings (SSSR count). The Bertz CT molecular complexity index is 544. The normalized spacial score (nSPS) is 10.9. The van der Waals surface area contributed by atoms with Crippen molar-refractivity contribution in [3.8, 4) is 11.3 Å². The molecule has 96 valence electrons. The second-order valence-corrected chi connectivity index (χ2v) is 5.73. The van der Waals surface area contributed by atoms with Crippen molar-refractivity contribution in [2.75, 3.05) is 7.05 Å². The first-order valence-electron chi connectivity index (χ1n) is 6.21. The first-order chi connectivity index (χ1) is 8.54. The Morgan fingerprint density at radius 1 is 1.11 bits per heavy atom. The molecule has 0 unspecified atom stereocenters. The summed E-state index contributed by atoms with van der Waals surface area (Å²) in [6.45, 7) is 9.56. The summed E-state index contributed by atoms with van der Waals surface area (Å²) in [5.74, 6) is 0. The van der Waals surface area contributed by atoms with Gasteiger partial charge in [0.15, 0.2) is 0 Å². The zero-order valence-electron chi connectivity index (χ0n) is 11.7. The lowest BCUT2D eigenvalue weighted by Gasteiger charge is -2.13. The minimum Gasteiger partial charge on any atom is -0.314 e. The molecule has 1 N–H and O–H groups in total. The molecule has 1 heterocycles. The van der Waals surface area contributed by atoms with Gasteiger partial charge >= 0.3 is 0 Å². The molecular formula is C15H20N2S. The van der Waals surface area contributed by atoms with Crippen LogP contribution in [0, 0.1) is 27.7 Å². The van der Waals surface area contributed by atoms with E-state index in [4.69, 9.17) is 4.98 Å².